The van der Waals surface area contributed by atoms with Gasteiger partial charge in [0.25, 0.3) is 11.8 Å². The molecule has 1 aromatic carbocycles. The van der Waals surface area contributed by atoms with Crippen molar-refractivity contribution in [1.82, 2.24) is 4.90 Å². The summed E-state index contributed by atoms with van der Waals surface area (Å²) >= 11 is 0. The highest BCUT2D eigenvalue weighted by molar-refractivity contribution is 6.21. The molecule has 0 radical (unpaired) electrons. The number of aryl methyl sites for hydroxylation is 1. The fraction of sp³-hybridized carbons (Fsp3) is 0.529. The van der Waals surface area contributed by atoms with Crippen molar-refractivity contribution in [2.75, 3.05) is 13.7 Å². The van der Waals surface area contributed by atoms with Crippen molar-refractivity contribution in [3.63, 3.8) is 0 Å². The number of imide groups is 1. The van der Waals surface area contributed by atoms with Gasteiger partial charge in [0.15, 0.2) is 6.29 Å². The molecule has 1 aromatic rings. The average molecular weight is 335 g/mol. The minimum Gasteiger partial charge on any atom is -0.394 e. The summed E-state index contributed by atoms with van der Waals surface area (Å²) in [4.78, 5) is 26.5. The van der Waals surface area contributed by atoms with Crippen molar-refractivity contribution in [2.24, 2.45) is 5.92 Å². The summed E-state index contributed by atoms with van der Waals surface area (Å²) in [6.07, 6.45) is -2.69. The molecular weight excluding hydrogens is 314 g/mol. The molecule has 0 aliphatic carbocycles. The number of amides is 2. The van der Waals surface area contributed by atoms with E-state index >= 15 is 0 Å². The number of aliphatic hydroxyl groups is 2. The number of nitrogens with zero attached hydrogens (tertiary/aromatic N) is 1. The first-order chi connectivity index (χ1) is 11.4. The zero-order chi connectivity index (χ0) is 17.6. The Labute approximate surface area is 139 Å². The number of methoxy groups -OCH3 is 1. The standard InChI is InChI=1S/C17H21NO6/c1-8-4-5-10-11(6-8)16(22)18(15(10)21)13-14(20)9(2)12(7-19)24-17(13)23-3/h4-6,9,12-14,17,19-20H,7H2,1-3H3/t9-,12?,13?,14-,17+/m0/s1. The number of carbonyl (C=O) groups is 2. The van der Waals surface area contributed by atoms with Gasteiger partial charge in [0.2, 0.25) is 0 Å². The Balaban J connectivity index is 1.99. The molecule has 2 N–H and O–H groups in total. The Hall–Kier alpha value is -1.80. The van der Waals surface area contributed by atoms with Crippen molar-refractivity contribution in [3.8, 4) is 0 Å². The van der Waals surface area contributed by atoms with Crippen LogP contribution in [0.4, 0.5) is 0 Å². The zero-order valence-corrected chi connectivity index (χ0v) is 13.8. The molecule has 0 saturated carbocycles. The molecule has 130 valence electrons. The van der Waals surface area contributed by atoms with Crippen LogP contribution in [-0.2, 0) is 9.47 Å². The number of ether oxygens (including phenoxy) is 2. The number of benzene rings is 1. The van der Waals surface area contributed by atoms with Crippen molar-refractivity contribution in [3.05, 3.63) is 34.9 Å². The van der Waals surface area contributed by atoms with E-state index in [9.17, 15) is 19.8 Å². The lowest BCUT2D eigenvalue weighted by atomic mass is 9.88. The molecule has 2 amide bonds. The maximum Gasteiger partial charge on any atom is 0.262 e. The van der Waals surface area contributed by atoms with Crippen molar-refractivity contribution < 1.29 is 29.3 Å². The van der Waals surface area contributed by atoms with Crippen LogP contribution in [0.15, 0.2) is 18.2 Å². The Kier molecular flexibility index (Phi) is 4.44. The summed E-state index contributed by atoms with van der Waals surface area (Å²) in [6, 6.07) is 4.07. The second kappa shape index (κ2) is 6.25. The average Bonchev–Trinajstić information content (AvgIpc) is 2.81. The zero-order valence-electron chi connectivity index (χ0n) is 13.8. The minimum absolute atomic E-state index is 0.286. The number of aliphatic hydroxyl groups excluding tert-OH is 2. The van der Waals surface area contributed by atoms with Gasteiger partial charge in [-0.3, -0.25) is 14.5 Å². The van der Waals surface area contributed by atoms with E-state index in [-0.39, 0.29) is 6.61 Å². The van der Waals surface area contributed by atoms with Crippen LogP contribution in [0.25, 0.3) is 0 Å². The van der Waals surface area contributed by atoms with Gasteiger partial charge < -0.3 is 19.7 Å². The molecule has 2 heterocycles. The van der Waals surface area contributed by atoms with E-state index in [1.165, 1.54) is 7.11 Å². The van der Waals surface area contributed by atoms with Gasteiger partial charge in [-0.05, 0) is 19.1 Å². The van der Waals surface area contributed by atoms with Crippen LogP contribution in [0.1, 0.15) is 33.2 Å². The van der Waals surface area contributed by atoms with Gasteiger partial charge in [0.05, 0.1) is 29.9 Å². The third-order valence-corrected chi connectivity index (χ3v) is 4.85. The van der Waals surface area contributed by atoms with Gasteiger partial charge in [0, 0.05) is 13.0 Å². The number of hydrogen-bond acceptors (Lipinski definition) is 6. The summed E-state index contributed by atoms with van der Waals surface area (Å²) < 4.78 is 10.9. The molecule has 7 nitrogen and oxygen atoms in total. The predicted molar refractivity (Wildman–Crippen MR) is 83.4 cm³/mol. The van der Waals surface area contributed by atoms with Crippen LogP contribution >= 0.6 is 0 Å². The topological polar surface area (TPSA) is 96.3 Å². The fourth-order valence-corrected chi connectivity index (χ4v) is 3.39. The molecule has 0 bridgehead atoms. The van der Waals surface area contributed by atoms with Crippen LogP contribution in [0.3, 0.4) is 0 Å². The second-order valence-electron chi connectivity index (χ2n) is 6.33. The first-order valence-electron chi connectivity index (χ1n) is 7.86. The molecule has 7 heteroatoms. The summed E-state index contributed by atoms with van der Waals surface area (Å²) in [5, 5.41) is 20.0. The SMILES string of the molecule is CO[C@@H]1OC(CO)[C@H](C)[C@H](O)C1N1C(=O)c2ccc(C)cc2C1=O. The summed E-state index contributed by atoms with van der Waals surface area (Å²) in [7, 11) is 1.37. The van der Waals surface area contributed by atoms with Gasteiger partial charge in [0.1, 0.15) is 6.04 Å². The van der Waals surface area contributed by atoms with E-state index in [4.69, 9.17) is 9.47 Å². The Morgan fingerprint density at radius 3 is 2.54 bits per heavy atom. The highest BCUT2D eigenvalue weighted by Gasteiger charge is 2.52. The maximum atomic E-state index is 12.8. The lowest BCUT2D eigenvalue weighted by Crippen LogP contribution is -2.63. The maximum absolute atomic E-state index is 12.8. The Morgan fingerprint density at radius 2 is 1.92 bits per heavy atom. The molecule has 0 aromatic heterocycles. The molecule has 1 fully saturated rings. The number of fused-ring (bicyclic) bond motifs is 1. The highest BCUT2D eigenvalue weighted by Crippen LogP contribution is 2.34. The molecular formula is C17H21NO6. The quantitative estimate of drug-likeness (QED) is 0.773. The number of carbonyl (C=O) groups excluding carboxylic acids is 2. The molecule has 0 spiro atoms. The van der Waals surface area contributed by atoms with Crippen molar-refractivity contribution in [2.45, 2.75) is 38.4 Å². The first-order valence-corrected chi connectivity index (χ1v) is 7.86. The minimum atomic E-state index is -1.07. The molecule has 2 unspecified atom stereocenters. The van der Waals surface area contributed by atoms with E-state index in [1.54, 1.807) is 25.1 Å². The smallest absolute Gasteiger partial charge is 0.262 e. The van der Waals surface area contributed by atoms with Crippen LogP contribution in [-0.4, -0.2) is 65.2 Å². The largest absolute Gasteiger partial charge is 0.394 e. The lowest BCUT2D eigenvalue weighted by molar-refractivity contribution is -0.256. The molecule has 2 aliphatic heterocycles. The molecule has 1 saturated heterocycles. The van der Waals surface area contributed by atoms with Gasteiger partial charge >= 0.3 is 0 Å². The van der Waals surface area contributed by atoms with E-state index in [1.807, 2.05) is 6.92 Å². The predicted octanol–water partition coefficient (Wildman–Crippen LogP) is 0.320. The fourth-order valence-electron chi connectivity index (χ4n) is 3.39. The van der Waals surface area contributed by atoms with Crippen LogP contribution < -0.4 is 0 Å². The molecule has 2 aliphatic rings. The number of rotatable bonds is 3. The van der Waals surface area contributed by atoms with Crippen LogP contribution in [0.5, 0.6) is 0 Å². The third-order valence-electron chi connectivity index (χ3n) is 4.85. The first kappa shape index (κ1) is 17.0. The third kappa shape index (κ3) is 2.44. The van der Waals surface area contributed by atoms with Crippen molar-refractivity contribution in [1.29, 1.82) is 0 Å². The Bertz CT molecular complexity index is 673. The van der Waals surface area contributed by atoms with Crippen LogP contribution in [0.2, 0.25) is 0 Å². The van der Waals surface area contributed by atoms with Gasteiger partial charge in [-0.1, -0.05) is 18.6 Å². The summed E-state index contributed by atoms with van der Waals surface area (Å²) in [5.41, 5.74) is 1.50. The molecule has 5 atom stereocenters. The number of hydrogen-bond donors (Lipinski definition) is 2. The Morgan fingerprint density at radius 1 is 1.25 bits per heavy atom. The monoisotopic (exact) mass is 335 g/mol. The lowest BCUT2D eigenvalue weighted by Gasteiger charge is -2.45. The molecule has 24 heavy (non-hydrogen) atoms. The summed E-state index contributed by atoms with van der Waals surface area (Å²) in [6.45, 7) is 3.25. The summed E-state index contributed by atoms with van der Waals surface area (Å²) in [5.74, 6) is -1.40. The second-order valence-corrected chi connectivity index (χ2v) is 6.33. The van der Waals surface area contributed by atoms with Crippen LogP contribution in [0, 0.1) is 12.8 Å². The van der Waals surface area contributed by atoms with E-state index < -0.39 is 42.3 Å². The van der Waals surface area contributed by atoms with E-state index in [0.29, 0.717) is 11.1 Å². The molecule has 3 rings (SSSR count). The van der Waals surface area contributed by atoms with Crippen molar-refractivity contribution >= 4 is 11.8 Å². The van der Waals surface area contributed by atoms with Gasteiger partial charge in [-0.2, -0.15) is 0 Å². The van der Waals surface area contributed by atoms with E-state index in [2.05, 4.69) is 0 Å². The van der Waals surface area contributed by atoms with Gasteiger partial charge in [-0.25, -0.2) is 0 Å². The normalized spacial score (nSPS) is 33.0. The van der Waals surface area contributed by atoms with Gasteiger partial charge in [-0.15, -0.1) is 0 Å². The highest BCUT2D eigenvalue weighted by atomic mass is 16.7. The van der Waals surface area contributed by atoms with E-state index in [0.717, 1.165) is 10.5 Å².